The zero-order chi connectivity index (χ0) is 17.7. The van der Waals surface area contributed by atoms with Crippen LogP contribution in [-0.2, 0) is 4.79 Å². The second-order valence-electron chi connectivity index (χ2n) is 5.98. The predicted molar refractivity (Wildman–Crippen MR) is 94.8 cm³/mol. The monoisotopic (exact) mass is 328 g/mol. The van der Waals surface area contributed by atoms with Crippen LogP contribution in [0.5, 0.6) is 11.5 Å². The molecule has 0 bridgehead atoms. The number of hydrogen-bond donors (Lipinski definition) is 1. The molecule has 0 aliphatic heterocycles. The predicted octanol–water partition coefficient (Wildman–Crippen LogP) is 3.93. The maximum atomic E-state index is 12.4. The molecule has 1 N–H and O–H groups in total. The second kappa shape index (κ2) is 7.81. The van der Waals surface area contributed by atoms with E-state index in [0.29, 0.717) is 17.5 Å². The molecule has 0 saturated carbocycles. The quantitative estimate of drug-likeness (QED) is 0.873. The van der Waals surface area contributed by atoms with E-state index < -0.39 is 6.10 Å². The van der Waals surface area contributed by atoms with E-state index in [1.54, 1.807) is 25.3 Å². The molecule has 0 fully saturated rings. The average molecular weight is 328 g/mol. The highest BCUT2D eigenvalue weighted by molar-refractivity contribution is 5.94. The normalized spacial score (nSPS) is 11.9. The molecular weight excluding hydrogens is 304 g/mol. The highest BCUT2D eigenvalue weighted by Crippen LogP contribution is 2.26. The minimum atomic E-state index is -0.655. The first-order chi connectivity index (χ1) is 11.4. The highest BCUT2D eigenvalue weighted by Gasteiger charge is 2.18. The van der Waals surface area contributed by atoms with E-state index >= 15 is 0 Å². The zero-order valence-corrected chi connectivity index (χ0v) is 14.8. The number of methoxy groups -OCH3 is 1. The van der Waals surface area contributed by atoms with Crippen LogP contribution in [0.1, 0.15) is 37.8 Å². The molecule has 0 radical (unpaired) electrons. The number of nitrogens with zero attached hydrogens (tertiary/aromatic N) is 1. The van der Waals surface area contributed by atoms with E-state index in [2.05, 4.69) is 30.2 Å². The molecule has 1 amide bonds. The number of nitrogens with one attached hydrogen (secondary N) is 1. The van der Waals surface area contributed by atoms with E-state index in [9.17, 15) is 4.79 Å². The molecule has 1 atom stereocenters. The molecule has 5 heteroatoms. The van der Waals surface area contributed by atoms with Crippen LogP contribution < -0.4 is 14.8 Å². The van der Waals surface area contributed by atoms with Crippen molar-refractivity contribution in [1.29, 1.82) is 0 Å². The number of carbonyl (C=O) groups excluding carboxylic acids is 1. The largest absolute Gasteiger partial charge is 0.493 e. The summed E-state index contributed by atoms with van der Waals surface area (Å²) in [6.07, 6.45) is 0.942. The van der Waals surface area contributed by atoms with Crippen molar-refractivity contribution in [2.75, 3.05) is 12.4 Å². The number of carbonyl (C=O) groups is 1. The van der Waals surface area contributed by atoms with Gasteiger partial charge in [0.15, 0.2) is 17.7 Å². The van der Waals surface area contributed by atoms with Crippen LogP contribution >= 0.6 is 0 Å². The maximum absolute atomic E-state index is 12.4. The lowest BCUT2D eigenvalue weighted by Gasteiger charge is -2.18. The van der Waals surface area contributed by atoms with E-state index in [1.165, 1.54) is 12.7 Å². The molecule has 0 spiro atoms. The average Bonchev–Trinajstić information content (AvgIpc) is 2.57. The van der Waals surface area contributed by atoms with Crippen molar-refractivity contribution in [3.63, 3.8) is 0 Å². The van der Waals surface area contributed by atoms with Crippen molar-refractivity contribution in [3.05, 3.63) is 47.7 Å². The summed E-state index contributed by atoms with van der Waals surface area (Å²) in [6.45, 7) is 7.92. The molecule has 0 unspecified atom stereocenters. The molecule has 0 saturated heterocycles. The van der Waals surface area contributed by atoms with Gasteiger partial charge in [-0.15, -0.1) is 0 Å². The Kier molecular flexibility index (Phi) is 5.79. The van der Waals surface area contributed by atoms with Crippen molar-refractivity contribution in [3.8, 4) is 11.5 Å². The Morgan fingerprint density at radius 1 is 1.17 bits per heavy atom. The molecule has 128 valence electrons. The summed E-state index contributed by atoms with van der Waals surface area (Å²) in [5.74, 6) is 1.73. The molecule has 0 aliphatic rings. The zero-order valence-electron chi connectivity index (χ0n) is 14.8. The van der Waals surface area contributed by atoms with Gasteiger partial charge in [0.25, 0.3) is 5.91 Å². The van der Waals surface area contributed by atoms with Gasteiger partial charge >= 0.3 is 0 Å². The van der Waals surface area contributed by atoms with E-state index in [-0.39, 0.29) is 5.91 Å². The Labute approximate surface area is 143 Å². The van der Waals surface area contributed by atoms with Crippen molar-refractivity contribution in [2.45, 2.75) is 39.7 Å². The molecule has 2 aromatic rings. The van der Waals surface area contributed by atoms with Gasteiger partial charge in [-0.3, -0.25) is 4.79 Å². The summed E-state index contributed by atoms with van der Waals surface area (Å²) >= 11 is 0. The number of rotatable bonds is 6. The second-order valence-corrected chi connectivity index (χ2v) is 5.98. The summed E-state index contributed by atoms with van der Waals surface area (Å²) in [5.41, 5.74) is 2.17. The van der Waals surface area contributed by atoms with E-state index in [1.807, 2.05) is 19.1 Å². The Morgan fingerprint density at radius 3 is 2.58 bits per heavy atom. The molecule has 24 heavy (non-hydrogen) atoms. The minimum Gasteiger partial charge on any atom is -0.493 e. The number of pyridine rings is 1. The number of aromatic nitrogens is 1. The molecule has 1 aromatic heterocycles. The molecular formula is C19H24N2O3. The van der Waals surface area contributed by atoms with Crippen molar-refractivity contribution < 1.29 is 14.3 Å². The number of amides is 1. The van der Waals surface area contributed by atoms with Crippen LogP contribution in [0, 0.1) is 6.92 Å². The maximum Gasteiger partial charge on any atom is 0.266 e. The van der Waals surface area contributed by atoms with Crippen LogP contribution in [0.4, 0.5) is 5.82 Å². The van der Waals surface area contributed by atoms with Gasteiger partial charge in [0.2, 0.25) is 0 Å². The van der Waals surface area contributed by atoms with Crippen LogP contribution in [0.2, 0.25) is 0 Å². The van der Waals surface area contributed by atoms with Crippen molar-refractivity contribution in [1.82, 2.24) is 4.98 Å². The lowest BCUT2D eigenvalue weighted by Crippen LogP contribution is -2.30. The Bertz CT molecular complexity index is 714. The Balaban J connectivity index is 2.10. The van der Waals surface area contributed by atoms with Crippen molar-refractivity contribution >= 4 is 11.7 Å². The standard InChI is InChI=1S/C19H24N2O3/c1-12(2)15-9-8-13(3)17(11-15)24-14(4)19(22)21-18-16(23-5)7-6-10-20-18/h6-12,14H,1-5H3,(H,20,21,22)/t14-/m1/s1. The first kappa shape index (κ1) is 17.8. The molecule has 5 nitrogen and oxygen atoms in total. The summed E-state index contributed by atoms with van der Waals surface area (Å²) < 4.78 is 11.1. The van der Waals surface area contributed by atoms with Gasteiger partial charge in [0, 0.05) is 6.20 Å². The Morgan fingerprint density at radius 2 is 1.92 bits per heavy atom. The Hall–Kier alpha value is -2.56. The summed E-state index contributed by atoms with van der Waals surface area (Å²) in [6, 6.07) is 9.57. The van der Waals surface area contributed by atoms with Crippen LogP contribution in [0.25, 0.3) is 0 Å². The van der Waals surface area contributed by atoms with E-state index in [0.717, 1.165) is 11.3 Å². The van der Waals surface area contributed by atoms with Gasteiger partial charge < -0.3 is 14.8 Å². The number of anilines is 1. The third-order valence-corrected chi connectivity index (χ3v) is 3.78. The van der Waals surface area contributed by atoms with E-state index in [4.69, 9.17) is 9.47 Å². The third kappa shape index (κ3) is 4.25. The summed E-state index contributed by atoms with van der Waals surface area (Å²) in [5, 5.41) is 2.74. The van der Waals surface area contributed by atoms with Gasteiger partial charge in [-0.25, -0.2) is 4.98 Å². The fraction of sp³-hybridized carbons (Fsp3) is 0.368. The topological polar surface area (TPSA) is 60.5 Å². The molecule has 0 aliphatic carbocycles. The SMILES string of the molecule is COc1cccnc1NC(=O)[C@@H](C)Oc1cc(C(C)C)ccc1C. The smallest absolute Gasteiger partial charge is 0.266 e. The van der Waals surface area contributed by atoms with Crippen molar-refractivity contribution in [2.24, 2.45) is 0 Å². The number of benzene rings is 1. The minimum absolute atomic E-state index is 0.277. The van der Waals surface area contributed by atoms with Gasteiger partial charge in [0.1, 0.15) is 5.75 Å². The third-order valence-electron chi connectivity index (χ3n) is 3.78. The number of hydrogen-bond acceptors (Lipinski definition) is 4. The lowest BCUT2D eigenvalue weighted by molar-refractivity contribution is -0.122. The van der Waals surface area contributed by atoms with Crippen LogP contribution in [0.15, 0.2) is 36.5 Å². The fourth-order valence-electron chi connectivity index (χ4n) is 2.21. The molecule has 2 rings (SSSR count). The number of aryl methyl sites for hydroxylation is 1. The summed E-state index contributed by atoms with van der Waals surface area (Å²) in [4.78, 5) is 16.5. The summed E-state index contributed by atoms with van der Waals surface area (Å²) in [7, 11) is 1.54. The lowest BCUT2D eigenvalue weighted by atomic mass is 10.0. The first-order valence-electron chi connectivity index (χ1n) is 7.99. The first-order valence-corrected chi connectivity index (χ1v) is 7.99. The molecule has 1 aromatic carbocycles. The van der Waals surface area contributed by atoms with Crippen LogP contribution in [-0.4, -0.2) is 24.1 Å². The van der Waals surface area contributed by atoms with Gasteiger partial charge in [0.05, 0.1) is 7.11 Å². The number of ether oxygens (including phenoxy) is 2. The van der Waals surface area contributed by atoms with Gasteiger partial charge in [-0.1, -0.05) is 26.0 Å². The van der Waals surface area contributed by atoms with Gasteiger partial charge in [-0.05, 0) is 49.1 Å². The molecule has 1 heterocycles. The fourth-order valence-corrected chi connectivity index (χ4v) is 2.21. The highest BCUT2D eigenvalue weighted by atomic mass is 16.5. The van der Waals surface area contributed by atoms with Gasteiger partial charge in [-0.2, -0.15) is 0 Å². The van der Waals surface area contributed by atoms with Crippen LogP contribution in [0.3, 0.4) is 0 Å².